The number of aryl methyl sites for hydroxylation is 2. The molecule has 2 heterocycles. The molecule has 0 bridgehead atoms. The molecule has 4 rings (SSSR count). The van der Waals surface area contributed by atoms with E-state index in [-0.39, 0.29) is 0 Å². The molecule has 142 valence electrons. The van der Waals surface area contributed by atoms with E-state index in [1.54, 1.807) is 13.4 Å². The van der Waals surface area contributed by atoms with Crippen LogP contribution in [-0.4, -0.2) is 32.0 Å². The highest BCUT2D eigenvalue weighted by Gasteiger charge is 2.15. The second-order valence-electron chi connectivity index (χ2n) is 6.27. The maximum atomic E-state index is 5.41. The van der Waals surface area contributed by atoms with Gasteiger partial charge in [-0.3, -0.25) is 4.57 Å². The van der Waals surface area contributed by atoms with Crippen molar-refractivity contribution in [2.75, 3.05) is 7.11 Å². The zero-order chi connectivity index (χ0) is 19.5. The minimum Gasteiger partial charge on any atom is -0.496 e. The Balaban J connectivity index is 1.52. The Kier molecular flexibility index (Phi) is 5.12. The summed E-state index contributed by atoms with van der Waals surface area (Å²) in [5.41, 5.74) is 4.23. The summed E-state index contributed by atoms with van der Waals surface area (Å²) in [6, 6.07) is 13.9. The lowest BCUT2D eigenvalue weighted by molar-refractivity contribution is 0.390. The second-order valence-corrected chi connectivity index (χ2v) is 7.22. The number of aromatic nitrogens is 5. The van der Waals surface area contributed by atoms with Gasteiger partial charge in [-0.1, -0.05) is 46.7 Å². The summed E-state index contributed by atoms with van der Waals surface area (Å²) in [5, 5.41) is 13.1. The molecule has 0 aliphatic carbocycles. The highest BCUT2D eigenvalue weighted by molar-refractivity contribution is 7.98. The average Bonchev–Trinajstić information content (AvgIpc) is 3.36. The molecule has 8 heteroatoms. The van der Waals surface area contributed by atoms with E-state index in [0.717, 1.165) is 22.0 Å². The van der Waals surface area contributed by atoms with Gasteiger partial charge in [-0.2, -0.15) is 4.98 Å². The first kappa shape index (κ1) is 18.2. The molecule has 0 fully saturated rings. The summed E-state index contributed by atoms with van der Waals surface area (Å²) in [7, 11) is 1.62. The number of nitrogens with zero attached hydrogens (tertiary/aromatic N) is 5. The highest BCUT2D eigenvalue weighted by Crippen LogP contribution is 2.29. The molecule has 7 nitrogen and oxygen atoms in total. The van der Waals surface area contributed by atoms with E-state index >= 15 is 0 Å². The molecule has 0 amide bonds. The molecule has 0 aliphatic rings. The van der Waals surface area contributed by atoms with Crippen molar-refractivity contribution in [1.29, 1.82) is 0 Å². The quantitative estimate of drug-likeness (QED) is 0.453. The van der Waals surface area contributed by atoms with E-state index in [1.165, 1.54) is 17.3 Å². The average molecular weight is 393 g/mol. The number of hydrogen-bond acceptors (Lipinski definition) is 7. The van der Waals surface area contributed by atoms with Crippen LogP contribution in [0.25, 0.3) is 17.1 Å². The van der Waals surface area contributed by atoms with E-state index in [1.807, 2.05) is 28.8 Å². The summed E-state index contributed by atoms with van der Waals surface area (Å²) in [6.07, 6.45) is 1.72. The normalized spacial score (nSPS) is 11.0. The molecular formula is C20H19N5O2S. The van der Waals surface area contributed by atoms with Crippen LogP contribution in [0.4, 0.5) is 0 Å². The number of hydrogen-bond donors (Lipinski definition) is 0. The second kappa shape index (κ2) is 7.85. The van der Waals surface area contributed by atoms with Crippen molar-refractivity contribution in [2.24, 2.45) is 0 Å². The monoisotopic (exact) mass is 393 g/mol. The third-order valence-electron chi connectivity index (χ3n) is 4.27. The first-order valence-corrected chi connectivity index (χ1v) is 9.70. The SMILES string of the molecule is COc1ccccc1-c1noc(CSc2nncn2-c2ccc(C)cc2C)n1. The lowest BCUT2D eigenvalue weighted by Gasteiger charge is -2.09. The van der Waals surface area contributed by atoms with Crippen LogP contribution >= 0.6 is 11.8 Å². The standard InChI is InChI=1S/C20H19N5O2S/c1-13-8-9-16(14(2)10-13)25-12-21-23-20(25)28-11-18-22-19(24-27-18)15-6-4-5-7-17(15)26-3/h4-10,12H,11H2,1-3H3. The van der Waals surface area contributed by atoms with Gasteiger partial charge in [-0.25, -0.2) is 0 Å². The molecular weight excluding hydrogens is 374 g/mol. The van der Waals surface area contributed by atoms with Crippen LogP contribution in [0.1, 0.15) is 17.0 Å². The van der Waals surface area contributed by atoms with E-state index in [2.05, 4.69) is 52.4 Å². The van der Waals surface area contributed by atoms with E-state index in [9.17, 15) is 0 Å². The molecule has 0 atom stereocenters. The number of rotatable bonds is 6. The van der Waals surface area contributed by atoms with Gasteiger partial charge in [-0.15, -0.1) is 10.2 Å². The first-order chi connectivity index (χ1) is 13.7. The van der Waals surface area contributed by atoms with Crippen LogP contribution < -0.4 is 4.74 Å². The number of methoxy groups -OCH3 is 1. The van der Waals surface area contributed by atoms with Gasteiger partial charge in [0.2, 0.25) is 11.7 Å². The van der Waals surface area contributed by atoms with Crippen LogP contribution in [0, 0.1) is 13.8 Å². The topological polar surface area (TPSA) is 78.9 Å². The van der Waals surface area contributed by atoms with Crippen molar-refractivity contribution in [3.05, 3.63) is 65.8 Å². The molecule has 28 heavy (non-hydrogen) atoms. The molecule has 0 aliphatic heterocycles. The summed E-state index contributed by atoms with van der Waals surface area (Å²) < 4.78 is 12.7. The summed E-state index contributed by atoms with van der Waals surface area (Å²) >= 11 is 1.49. The lowest BCUT2D eigenvalue weighted by atomic mass is 10.1. The molecule has 2 aromatic carbocycles. The number of benzene rings is 2. The largest absolute Gasteiger partial charge is 0.496 e. The molecule has 0 saturated heterocycles. The summed E-state index contributed by atoms with van der Waals surface area (Å²) in [5.74, 6) is 2.22. The molecule has 2 aromatic heterocycles. The number of para-hydroxylation sites is 1. The van der Waals surface area contributed by atoms with Crippen LogP contribution in [0.3, 0.4) is 0 Å². The smallest absolute Gasteiger partial charge is 0.237 e. The highest BCUT2D eigenvalue weighted by atomic mass is 32.2. The van der Waals surface area contributed by atoms with Gasteiger partial charge in [-0.05, 0) is 37.6 Å². The summed E-state index contributed by atoms with van der Waals surface area (Å²) in [4.78, 5) is 4.48. The molecule has 0 N–H and O–H groups in total. The minimum absolute atomic E-state index is 0.492. The first-order valence-electron chi connectivity index (χ1n) is 8.72. The van der Waals surface area contributed by atoms with Gasteiger partial charge in [0.15, 0.2) is 5.16 Å². The van der Waals surface area contributed by atoms with Crippen LogP contribution in [0.2, 0.25) is 0 Å². The van der Waals surface area contributed by atoms with E-state index in [0.29, 0.717) is 23.2 Å². The van der Waals surface area contributed by atoms with Crippen molar-refractivity contribution in [3.63, 3.8) is 0 Å². The maximum absolute atomic E-state index is 5.41. The van der Waals surface area contributed by atoms with Crippen molar-refractivity contribution < 1.29 is 9.26 Å². The Morgan fingerprint density at radius 2 is 2.00 bits per heavy atom. The Morgan fingerprint density at radius 1 is 1.14 bits per heavy atom. The Hall–Kier alpha value is -3.13. The van der Waals surface area contributed by atoms with Crippen LogP contribution in [0.5, 0.6) is 5.75 Å². The molecule has 0 unspecified atom stereocenters. The molecule has 0 saturated carbocycles. The zero-order valence-electron chi connectivity index (χ0n) is 15.8. The zero-order valence-corrected chi connectivity index (χ0v) is 16.6. The van der Waals surface area contributed by atoms with Crippen molar-refractivity contribution in [1.82, 2.24) is 24.9 Å². The fraction of sp³-hybridized carbons (Fsp3) is 0.200. The molecule has 0 spiro atoms. The van der Waals surface area contributed by atoms with Gasteiger partial charge >= 0.3 is 0 Å². The molecule has 4 aromatic rings. The maximum Gasteiger partial charge on any atom is 0.237 e. The molecule has 0 radical (unpaired) electrons. The van der Waals surface area contributed by atoms with Crippen molar-refractivity contribution >= 4 is 11.8 Å². The Bertz CT molecular complexity index is 1110. The summed E-state index contributed by atoms with van der Waals surface area (Å²) in [6.45, 7) is 4.15. The van der Waals surface area contributed by atoms with Crippen LogP contribution in [-0.2, 0) is 5.75 Å². The van der Waals surface area contributed by atoms with Crippen molar-refractivity contribution in [2.45, 2.75) is 24.8 Å². The lowest BCUT2D eigenvalue weighted by Crippen LogP contribution is -1.98. The third kappa shape index (κ3) is 3.63. The predicted molar refractivity (Wildman–Crippen MR) is 107 cm³/mol. The fourth-order valence-electron chi connectivity index (χ4n) is 2.94. The minimum atomic E-state index is 0.492. The van der Waals surface area contributed by atoms with Crippen LogP contribution in [0.15, 0.2) is 58.5 Å². The van der Waals surface area contributed by atoms with Gasteiger partial charge in [0.1, 0.15) is 12.1 Å². The predicted octanol–water partition coefficient (Wildman–Crippen LogP) is 4.24. The van der Waals surface area contributed by atoms with Gasteiger partial charge < -0.3 is 9.26 Å². The van der Waals surface area contributed by atoms with Gasteiger partial charge in [0, 0.05) is 0 Å². The van der Waals surface area contributed by atoms with E-state index < -0.39 is 0 Å². The number of ether oxygens (including phenoxy) is 1. The third-order valence-corrected chi connectivity index (χ3v) is 5.20. The van der Waals surface area contributed by atoms with Gasteiger partial charge in [0.05, 0.1) is 24.1 Å². The fourth-order valence-corrected chi connectivity index (χ4v) is 3.70. The Morgan fingerprint density at radius 3 is 2.82 bits per heavy atom. The van der Waals surface area contributed by atoms with Crippen molar-refractivity contribution in [3.8, 4) is 22.8 Å². The Labute approximate surface area is 166 Å². The number of thioether (sulfide) groups is 1. The van der Waals surface area contributed by atoms with E-state index in [4.69, 9.17) is 9.26 Å². The van der Waals surface area contributed by atoms with Gasteiger partial charge in [0.25, 0.3) is 0 Å².